The Morgan fingerprint density at radius 2 is 1.81 bits per heavy atom. The van der Waals surface area contributed by atoms with Gasteiger partial charge < -0.3 is 4.55 Å². The van der Waals surface area contributed by atoms with Crippen LogP contribution in [0, 0.1) is 13.8 Å². The summed E-state index contributed by atoms with van der Waals surface area (Å²) >= 11 is -2.36. The quantitative estimate of drug-likeness (QED) is 0.667. The molecule has 0 amide bonds. The number of benzene rings is 2. The molecule has 0 aliphatic carbocycles. The summed E-state index contributed by atoms with van der Waals surface area (Å²) in [6, 6.07) is 11.6. The number of sulfone groups is 1. The van der Waals surface area contributed by atoms with Crippen LogP contribution in [0.15, 0.2) is 41.3 Å². The standard InChI is InChI=1S/C17H18N2O2S.H3NO2S/c1-11-10-13(8-9-16(11)22(4,20)21)14-6-5-7-15-17(14)12(2)18-19(15)3;1-4(2)3/h5-10H,1-4H3;1H2,(H,2,3)/p-1. The summed E-state index contributed by atoms with van der Waals surface area (Å²) in [5.41, 5.74) is 4.88. The molecule has 3 rings (SSSR count). The van der Waals surface area contributed by atoms with Gasteiger partial charge >= 0.3 is 0 Å². The molecule has 0 bridgehead atoms. The Morgan fingerprint density at radius 3 is 2.35 bits per heavy atom. The topological polar surface area (TPSA) is 118 Å². The number of fused-ring (bicyclic) bond motifs is 1. The third-order valence-electron chi connectivity index (χ3n) is 3.94. The van der Waals surface area contributed by atoms with Gasteiger partial charge in [-0.1, -0.05) is 24.3 Å². The molecule has 0 radical (unpaired) electrons. The summed E-state index contributed by atoms with van der Waals surface area (Å²) in [7, 11) is -1.27. The first-order valence-electron chi connectivity index (χ1n) is 7.59. The minimum absolute atomic E-state index is 0.381. The van der Waals surface area contributed by atoms with Gasteiger partial charge in [0, 0.05) is 30.0 Å². The van der Waals surface area contributed by atoms with Gasteiger partial charge in [0.2, 0.25) is 0 Å². The van der Waals surface area contributed by atoms with E-state index in [1.807, 2.05) is 55.9 Å². The van der Waals surface area contributed by atoms with E-state index in [4.69, 9.17) is 8.76 Å². The van der Waals surface area contributed by atoms with Crippen LogP contribution >= 0.6 is 0 Å². The highest BCUT2D eigenvalue weighted by Crippen LogP contribution is 2.32. The minimum Gasteiger partial charge on any atom is -0.760 e. The molecule has 1 heterocycles. The van der Waals surface area contributed by atoms with E-state index in [0.717, 1.165) is 33.3 Å². The SMILES string of the molecule is Cc1cc(-c2cccc3c2c(C)nn3C)ccc1S(C)(=O)=O.NS(=O)[O-]. The molecule has 0 fully saturated rings. The Kier molecular flexibility index (Phi) is 5.97. The molecule has 0 spiro atoms. The Bertz CT molecular complexity index is 1080. The van der Waals surface area contributed by atoms with E-state index in [-0.39, 0.29) is 0 Å². The van der Waals surface area contributed by atoms with Crippen LogP contribution in [0.3, 0.4) is 0 Å². The zero-order chi connectivity index (χ0) is 19.6. The molecule has 2 aromatic carbocycles. The van der Waals surface area contributed by atoms with Crippen LogP contribution < -0.4 is 5.14 Å². The molecule has 0 saturated heterocycles. The molecule has 26 heavy (non-hydrogen) atoms. The summed E-state index contributed by atoms with van der Waals surface area (Å²) in [6.45, 7) is 3.82. The zero-order valence-corrected chi connectivity index (χ0v) is 16.5. The number of nitrogens with zero attached hydrogens (tertiary/aromatic N) is 2. The van der Waals surface area contributed by atoms with Crippen LogP contribution in [0.2, 0.25) is 0 Å². The van der Waals surface area contributed by atoms with Crippen molar-refractivity contribution in [1.29, 1.82) is 0 Å². The largest absolute Gasteiger partial charge is 0.760 e. The van der Waals surface area contributed by atoms with Gasteiger partial charge in [-0.15, -0.1) is 0 Å². The second kappa shape index (κ2) is 7.67. The minimum atomic E-state index is -3.20. The van der Waals surface area contributed by atoms with E-state index in [9.17, 15) is 8.42 Å². The molecule has 9 heteroatoms. The summed E-state index contributed by atoms with van der Waals surface area (Å²) < 4.78 is 42.9. The van der Waals surface area contributed by atoms with Crippen molar-refractivity contribution in [2.24, 2.45) is 12.2 Å². The van der Waals surface area contributed by atoms with E-state index >= 15 is 0 Å². The highest BCUT2D eigenvalue weighted by atomic mass is 32.2. The fourth-order valence-electron chi connectivity index (χ4n) is 2.99. The van der Waals surface area contributed by atoms with Gasteiger partial charge in [-0.2, -0.15) is 5.10 Å². The molecule has 3 aromatic rings. The van der Waals surface area contributed by atoms with Gasteiger partial charge in [-0.25, -0.2) is 8.42 Å². The number of nitrogens with two attached hydrogens (primary N) is 1. The van der Waals surface area contributed by atoms with Gasteiger partial charge in [0.25, 0.3) is 0 Å². The van der Waals surface area contributed by atoms with Crippen molar-refractivity contribution in [3.63, 3.8) is 0 Å². The van der Waals surface area contributed by atoms with Crippen molar-refractivity contribution in [3.05, 3.63) is 47.7 Å². The molecular weight excluding hydrogens is 374 g/mol. The van der Waals surface area contributed by atoms with Crippen LogP contribution in [0.1, 0.15) is 11.3 Å². The highest BCUT2D eigenvalue weighted by Gasteiger charge is 2.14. The molecule has 1 unspecified atom stereocenters. The van der Waals surface area contributed by atoms with Crippen LogP contribution in [0.4, 0.5) is 0 Å². The molecule has 7 nitrogen and oxygen atoms in total. The fourth-order valence-corrected chi connectivity index (χ4v) is 3.95. The van der Waals surface area contributed by atoms with Crippen molar-refractivity contribution in [1.82, 2.24) is 9.78 Å². The van der Waals surface area contributed by atoms with E-state index in [2.05, 4.69) is 10.2 Å². The first-order chi connectivity index (χ1) is 12.0. The summed E-state index contributed by atoms with van der Waals surface area (Å²) in [6.07, 6.45) is 1.24. The second-order valence-electron chi connectivity index (χ2n) is 5.92. The van der Waals surface area contributed by atoms with Gasteiger partial charge in [0.05, 0.1) is 16.1 Å². The normalized spacial score (nSPS) is 12.5. The van der Waals surface area contributed by atoms with Crippen molar-refractivity contribution in [3.8, 4) is 11.1 Å². The molecule has 0 saturated carbocycles. The van der Waals surface area contributed by atoms with Gasteiger partial charge in [0.15, 0.2) is 9.84 Å². The summed E-state index contributed by atoms with van der Waals surface area (Å²) in [4.78, 5) is 0.381. The van der Waals surface area contributed by atoms with Crippen LogP contribution in [0.25, 0.3) is 22.0 Å². The van der Waals surface area contributed by atoms with Crippen LogP contribution in [-0.4, -0.2) is 33.2 Å². The number of aryl methyl sites for hydroxylation is 3. The van der Waals surface area contributed by atoms with Crippen LogP contribution in [-0.2, 0) is 28.2 Å². The monoisotopic (exact) mass is 394 g/mol. The third-order valence-corrected chi connectivity index (χ3v) is 5.20. The third kappa shape index (κ3) is 4.36. The van der Waals surface area contributed by atoms with E-state index in [1.54, 1.807) is 6.07 Å². The zero-order valence-electron chi connectivity index (χ0n) is 14.9. The lowest BCUT2D eigenvalue weighted by Crippen LogP contribution is -2.00. The first kappa shape index (κ1) is 20.2. The lowest BCUT2D eigenvalue weighted by atomic mass is 9.99. The molecule has 140 valence electrons. The second-order valence-corrected chi connectivity index (χ2v) is 8.43. The molecule has 1 aromatic heterocycles. The highest BCUT2D eigenvalue weighted by molar-refractivity contribution is 7.90. The summed E-state index contributed by atoms with van der Waals surface area (Å²) in [5.74, 6) is 0. The molecule has 0 aliphatic rings. The number of hydrogen-bond acceptors (Lipinski definition) is 5. The fraction of sp³-hybridized carbons (Fsp3) is 0.235. The van der Waals surface area contributed by atoms with Gasteiger partial charge in [-0.05, 0) is 42.7 Å². The maximum atomic E-state index is 11.8. The number of rotatable bonds is 2. The van der Waals surface area contributed by atoms with Crippen molar-refractivity contribution in [2.45, 2.75) is 18.7 Å². The van der Waals surface area contributed by atoms with E-state index in [1.165, 1.54) is 6.26 Å². The molecule has 1 atom stereocenters. The van der Waals surface area contributed by atoms with Gasteiger partial charge in [0.1, 0.15) is 0 Å². The Balaban J connectivity index is 0.000000552. The van der Waals surface area contributed by atoms with E-state index < -0.39 is 21.1 Å². The maximum absolute atomic E-state index is 11.8. The number of aromatic nitrogens is 2. The first-order valence-corrected chi connectivity index (χ1v) is 10.6. The Hall–Kier alpha value is -2.07. The Morgan fingerprint density at radius 1 is 1.19 bits per heavy atom. The molecule has 0 aliphatic heterocycles. The molecular formula is C17H20N3O4S2-. The van der Waals surface area contributed by atoms with Crippen molar-refractivity contribution >= 4 is 32.0 Å². The average Bonchev–Trinajstić information content (AvgIpc) is 2.80. The van der Waals surface area contributed by atoms with Crippen molar-refractivity contribution in [2.75, 3.05) is 6.26 Å². The Labute approximate surface area is 155 Å². The van der Waals surface area contributed by atoms with Gasteiger partial charge in [-0.3, -0.25) is 14.0 Å². The predicted octanol–water partition coefficient (Wildman–Crippen LogP) is 2.00. The van der Waals surface area contributed by atoms with Crippen molar-refractivity contribution < 1.29 is 17.2 Å². The lowest BCUT2D eigenvalue weighted by Gasteiger charge is -2.09. The smallest absolute Gasteiger partial charge is 0.175 e. The predicted molar refractivity (Wildman–Crippen MR) is 102 cm³/mol. The summed E-state index contributed by atoms with van der Waals surface area (Å²) in [5, 5.41) is 9.61. The lowest BCUT2D eigenvalue weighted by molar-refractivity contribution is 0.538. The number of hydrogen-bond donors (Lipinski definition) is 1. The van der Waals surface area contributed by atoms with E-state index in [0.29, 0.717) is 4.90 Å². The van der Waals surface area contributed by atoms with Crippen LogP contribution in [0.5, 0.6) is 0 Å². The molecule has 2 N–H and O–H groups in total. The average molecular weight is 394 g/mol. The maximum Gasteiger partial charge on any atom is 0.175 e.